The number of anilines is 1. The van der Waals surface area contributed by atoms with Crippen LogP contribution in [0.2, 0.25) is 0 Å². The van der Waals surface area contributed by atoms with E-state index in [1.165, 1.54) is 0 Å². The number of rotatable bonds is 5. The zero-order valence-corrected chi connectivity index (χ0v) is 11.1. The van der Waals surface area contributed by atoms with E-state index in [1.54, 1.807) is 18.2 Å². The Morgan fingerprint density at radius 2 is 2.35 bits per heavy atom. The van der Waals surface area contributed by atoms with Gasteiger partial charge in [0, 0.05) is 11.1 Å². The Kier molecular flexibility index (Phi) is 5.67. The van der Waals surface area contributed by atoms with Gasteiger partial charge in [-0.1, -0.05) is 22.9 Å². The maximum Gasteiger partial charge on any atom is 0.250 e. The topological polar surface area (TPSA) is 62.1 Å². The number of benzene rings is 1. The molecule has 1 N–H and O–H groups in total. The monoisotopic (exact) mass is 296 g/mol. The van der Waals surface area contributed by atoms with E-state index in [9.17, 15) is 4.79 Å². The highest BCUT2D eigenvalue weighted by Crippen LogP contribution is 2.20. The van der Waals surface area contributed by atoms with Crippen LogP contribution in [0.1, 0.15) is 18.9 Å². The summed E-state index contributed by atoms with van der Waals surface area (Å²) in [6.45, 7) is 2.53. The molecule has 0 atom stereocenters. The summed E-state index contributed by atoms with van der Waals surface area (Å²) in [4.78, 5) is 11.5. The van der Waals surface area contributed by atoms with Gasteiger partial charge in [-0.15, -0.1) is 0 Å². The summed E-state index contributed by atoms with van der Waals surface area (Å²) in [5.74, 6) is -0.256. The van der Waals surface area contributed by atoms with Gasteiger partial charge in [0.1, 0.15) is 12.7 Å². The van der Waals surface area contributed by atoms with Gasteiger partial charge in [-0.05, 0) is 24.6 Å². The van der Waals surface area contributed by atoms with Gasteiger partial charge in [0.05, 0.1) is 11.3 Å². The molecule has 90 valence electrons. The van der Waals surface area contributed by atoms with Gasteiger partial charge in [-0.3, -0.25) is 4.79 Å². The number of halogens is 1. The molecule has 0 radical (unpaired) electrons. The highest BCUT2D eigenvalue weighted by molar-refractivity contribution is 9.10. The molecule has 0 saturated carbocycles. The molecule has 0 unspecified atom stereocenters. The van der Waals surface area contributed by atoms with Crippen molar-refractivity contribution in [3.8, 4) is 6.07 Å². The lowest BCUT2D eigenvalue weighted by Gasteiger charge is -2.07. The largest absolute Gasteiger partial charge is 0.372 e. The number of amides is 1. The molecule has 4 nitrogen and oxygen atoms in total. The molecule has 0 heterocycles. The second kappa shape index (κ2) is 7.05. The summed E-state index contributed by atoms with van der Waals surface area (Å²) in [6, 6.07) is 7.11. The Labute approximate surface area is 109 Å². The third kappa shape index (κ3) is 4.55. The van der Waals surface area contributed by atoms with E-state index in [0.717, 1.165) is 10.9 Å². The first kappa shape index (κ1) is 13.7. The first-order chi connectivity index (χ1) is 8.17. The number of nitrogens with zero attached hydrogens (tertiary/aromatic N) is 1. The van der Waals surface area contributed by atoms with Crippen LogP contribution in [0, 0.1) is 11.3 Å². The minimum atomic E-state index is -0.256. The molecule has 17 heavy (non-hydrogen) atoms. The van der Waals surface area contributed by atoms with Gasteiger partial charge in [-0.25, -0.2) is 0 Å². The predicted molar refractivity (Wildman–Crippen MR) is 68.6 cm³/mol. The number of nitriles is 1. The van der Waals surface area contributed by atoms with E-state index in [4.69, 9.17) is 10.00 Å². The molecule has 0 aliphatic heterocycles. The maximum absolute atomic E-state index is 11.5. The third-order valence-electron chi connectivity index (χ3n) is 1.96. The molecule has 0 fully saturated rings. The molecule has 0 spiro atoms. The van der Waals surface area contributed by atoms with Crippen LogP contribution in [0.25, 0.3) is 0 Å². The van der Waals surface area contributed by atoms with Crippen molar-refractivity contribution in [1.29, 1.82) is 5.26 Å². The molecule has 1 rings (SSSR count). The molecule has 1 aromatic rings. The first-order valence-corrected chi connectivity index (χ1v) is 6.04. The Bertz CT molecular complexity index is 441. The van der Waals surface area contributed by atoms with Gasteiger partial charge in [0.2, 0.25) is 5.91 Å². The van der Waals surface area contributed by atoms with Crippen LogP contribution >= 0.6 is 15.9 Å². The number of carbonyl (C=O) groups excluding carboxylic acids is 1. The number of hydrogen-bond donors (Lipinski definition) is 1. The second-order valence-electron chi connectivity index (χ2n) is 3.40. The van der Waals surface area contributed by atoms with Crippen LogP contribution < -0.4 is 5.32 Å². The fraction of sp³-hybridized carbons (Fsp3) is 0.333. The van der Waals surface area contributed by atoms with Crippen molar-refractivity contribution in [3.05, 3.63) is 28.2 Å². The summed E-state index contributed by atoms with van der Waals surface area (Å²) in [7, 11) is 0. The van der Waals surface area contributed by atoms with Crippen LogP contribution in [0.15, 0.2) is 22.7 Å². The van der Waals surface area contributed by atoms with E-state index >= 15 is 0 Å². The van der Waals surface area contributed by atoms with Gasteiger partial charge in [-0.2, -0.15) is 5.26 Å². The van der Waals surface area contributed by atoms with Crippen LogP contribution in [-0.2, 0) is 9.53 Å². The summed E-state index contributed by atoms with van der Waals surface area (Å²) in [5, 5.41) is 11.5. The Hall–Kier alpha value is -1.38. The van der Waals surface area contributed by atoms with E-state index in [2.05, 4.69) is 21.2 Å². The van der Waals surface area contributed by atoms with Gasteiger partial charge >= 0.3 is 0 Å². The lowest BCUT2D eigenvalue weighted by molar-refractivity contribution is -0.120. The van der Waals surface area contributed by atoms with E-state index in [0.29, 0.717) is 17.9 Å². The molecule has 5 heteroatoms. The molecule has 0 aliphatic carbocycles. The molecule has 0 aliphatic rings. The smallest absolute Gasteiger partial charge is 0.250 e. The van der Waals surface area contributed by atoms with Crippen LogP contribution in [-0.4, -0.2) is 19.1 Å². The Balaban J connectivity index is 2.64. The quantitative estimate of drug-likeness (QED) is 0.850. The molecular weight excluding hydrogens is 284 g/mol. The zero-order chi connectivity index (χ0) is 12.7. The van der Waals surface area contributed by atoms with Crippen molar-refractivity contribution in [2.45, 2.75) is 13.3 Å². The SMILES string of the molecule is CCCOCC(=O)Nc1cc(Br)ccc1C#N. The van der Waals surface area contributed by atoms with Crippen molar-refractivity contribution < 1.29 is 9.53 Å². The summed E-state index contributed by atoms with van der Waals surface area (Å²) in [6.07, 6.45) is 0.869. The molecule has 1 aromatic carbocycles. The van der Waals surface area contributed by atoms with Crippen molar-refractivity contribution in [2.24, 2.45) is 0 Å². The molecule has 1 amide bonds. The van der Waals surface area contributed by atoms with Gasteiger partial charge in [0.25, 0.3) is 0 Å². The summed E-state index contributed by atoms with van der Waals surface area (Å²) in [5.41, 5.74) is 0.920. The third-order valence-corrected chi connectivity index (χ3v) is 2.45. The van der Waals surface area contributed by atoms with Gasteiger partial charge in [0.15, 0.2) is 0 Å². The minimum absolute atomic E-state index is 0.00518. The van der Waals surface area contributed by atoms with Crippen molar-refractivity contribution >= 4 is 27.5 Å². The normalized spacial score (nSPS) is 9.71. The van der Waals surface area contributed by atoms with Crippen molar-refractivity contribution in [2.75, 3.05) is 18.5 Å². The number of ether oxygens (including phenoxy) is 1. The predicted octanol–water partition coefficient (Wildman–Crippen LogP) is 2.69. The second-order valence-corrected chi connectivity index (χ2v) is 4.32. The number of nitrogens with one attached hydrogen (secondary N) is 1. The molecule has 0 bridgehead atoms. The summed E-state index contributed by atoms with van der Waals surface area (Å²) < 4.78 is 5.92. The highest BCUT2D eigenvalue weighted by Gasteiger charge is 2.07. The van der Waals surface area contributed by atoms with E-state index < -0.39 is 0 Å². The lowest BCUT2D eigenvalue weighted by Crippen LogP contribution is -2.19. The minimum Gasteiger partial charge on any atom is -0.372 e. The van der Waals surface area contributed by atoms with Gasteiger partial charge < -0.3 is 10.1 Å². The average Bonchev–Trinajstić information content (AvgIpc) is 2.29. The van der Waals surface area contributed by atoms with E-state index in [1.807, 2.05) is 13.0 Å². The number of hydrogen-bond acceptors (Lipinski definition) is 3. The fourth-order valence-corrected chi connectivity index (χ4v) is 1.57. The Morgan fingerprint density at radius 3 is 3.00 bits per heavy atom. The average molecular weight is 297 g/mol. The molecule has 0 aromatic heterocycles. The number of carbonyl (C=O) groups is 1. The van der Waals surface area contributed by atoms with Crippen molar-refractivity contribution in [3.63, 3.8) is 0 Å². The van der Waals surface area contributed by atoms with Crippen LogP contribution in [0.4, 0.5) is 5.69 Å². The van der Waals surface area contributed by atoms with Crippen LogP contribution in [0.5, 0.6) is 0 Å². The van der Waals surface area contributed by atoms with E-state index in [-0.39, 0.29) is 12.5 Å². The summed E-state index contributed by atoms with van der Waals surface area (Å²) >= 11 is 3.29. The zero-order valence-electron chi connectivity index (χ0n) is 9.50. The fourth-order valence-electron chi connectivity index (χ4n) is 1.21. The maximum atomic E-state index is 11.5. The van der Waals surface area contributed by atoms with Crippen molar-refractivity contribution in [1.82, 2.24) is 0 Å². The Morgan fingerprint density at radius 1 is 1.59 bits per heavy atom. The lowest BCUT2D eigenvalue weighted by atomic mass is 10.2. The van der Waals surface area contributed by atoms with Crippen LogP contribution in [0.3, 0.4) is 0 Å². The highest BCUT2D eigenvalue weighted by atomic mass is 79.9. The standard InChI is InChI=1S/C12H13BrN2O2/c1-2-5-17-8-12(16)15-11-6-10(13)4-3-9(11)7-14/h3-4,6H,2,5,8H2,1H3,(H,15,16). The molecular formula is C12H13BrN2O2. The first-order valence-electron chi connectivity index (χ1n) is 5.24. The molecule has 0 saturated heterocycles.